The lowest BCUT2D eigenvalue weighted by Crippen LogP contribution is -2.61. The largest absolute Gasteiger partial charge is 0.365 e. The van der Waals surface area contributed by atoms with Gasteiger partial charge in [-0.3, -0.25) is 14.9 Å². The zero-order chi connectivity index (χ0) is 22.8. The van der Waals surface area contributed by atoms with Crippen molar-refractivity contribution in [1.82, 2.24) is 5.32 Å². The summed E-state index contributed by atoms with van der Waals surface area (Å²) >= 11 is 0. The average Bonchev–Trinajstić information content (AvgIpc) is 2.77. The lowest BCUT2D eigenvalue weighted by Gasteiger charge is -2.49. The molecule has 2 aromatic rings. The number of hydrogen-bond donors (Lipinski definition) is 1. The van der Waals surface area contributed by atoms with Crippen LogP contribution in [0.5, 0.6) is 0 Å². The molecule has 0 bridgehead atoms. The number of piperazine rings is 1. The standard InChI is InChI=1S/C24H29FN4O3/c1-16(2)9-10-26-24(30)19-14-17-13-18(29(31)32)7-8-21(17)28-12-11-27(15-23(19)28)22-6-4-3-5-20(22)25/h3-8,13,16,19,23H,9-12,14-15H2,1-2H3,(H,26,30)/t19-,23+/m0/s1. The van der Waals surface area contributed by atoms with E-state index >= 15 is 0 Å². The minimum Gasteiger partial charge on any atom is -0.365 e. The monoisotopic (exact) mass is 440 g/mol. The molecule has 32 heavy (non-hydrogen) atoms. The first-order valence-electron chi connectivity index (χ1n) is 11.2. The predicted octanol–water partition coefficient (Wildman–Crippen LogP) is 3.76. The molecule has 0 unspecified atom stereocenters. The van der Waals surface area contributed by atoms with E-state index in [1.165, 1.54) is 12.1 Å². The summed E-state index contributed by atoms with van der Waals surface area (Å²) in [6.07, 6.45) is 1.31. The molecule has 0 aromatic heterocycles. The quantitative estimate of drug-likeness (QED) is 0.547. The van der Waals surface area contributed by atoms with E-state index in [9.17, 15) is 19.3 Å². The van der Waals surface area contributed by atoms with Crippen LogP contribution in [0.15, 0.2) is 42.5 Å². The van der Waals surface area contributed by atoms with Gasteiger partial charge in [-0.15, -0.1) is 0 Å². The van der Waals surface area contributed by atoms with Crippen LogP contribution < -0.4 is 15.1 Å². The van der Waals surface area contributed by atoms with Crippen molar-refractivity contribution < 1.29 is 14.1 Å². The molecule has 0 spiro atoms. The second kappa shape index (κ2) is 9.14. The maximum Gasteiger partial charge on any atom is 0.269 e. The number of benzene rings is 2. The minimum atomic E-state index is -0.403. The van der Waals surface area contributed by atoms with Crippen LogP contribution in [0, 0.1) is 27.8 Å². The number of hydrogen-bond acceptors (Lipinski definition) is 5. The first-order valence-corrected chi connectivity index (χ1v) is 11.2. The highest BCUT2D eigenvalue weighted by molar-refractivity contribution is 5.82. The molecule has 1 saturated heterocycles. The first-order chi connectivity index (χ1) is 15.3. The number of anilines is 2. The van der Waals surface area contributed by atoms with Gasteiger partial charge in [0.15, 0.2) is 0 Å². The molecule has 1 amide bonds. The molecule has 2 aliphatic rings. The topological polar surface area (TPSA) is 78.7 Å². The number of non-ortho nitro benzene ring substituents is 1. The Bertz CT molecular complexity index is 1010. The van der Waals surface area contributed by atoms with Gasteiger partial charge in [0, 0.05) is 44.0 Å². The maximum atomic E-state index is 14.5. The van der Waals surface area contributed by atoms with E-state index in [2.05, 4.69) is 24.1 Å². The van der Waals surface area contributed by atoms with Crippen molar-refractivity contribution in [1.29, 1.82) is 0 Å². The van der Waals surface area contributed by atoms with Gasteiger partial charge in [-0.2, -0.15) is 0 Å². The van der Waals surface area contributed by atoms with Crippen LogP contribution in [0.25, 0.3) is 0 Å². The van der Waals surface area contributed by atoms with Gasteiger partial charge < -0.3 is 15.1 Å². The first kappa shape index (κ1) is 22.0. The second-order valence-corrected chi connectivity index (χ2v) is 9.01. The Morgan fingerprint density at radius 1 is 1.22 bits per heavy atom. The Kier molecular flexibility index (Phi) is 6.30. The molecule has 2 atom stereocenters. The van der Waals surface area contributed by atoms with E-state index in [-0.39, 0.29) is 29.4 Å². The number of nitro benzene ring substituents is 1. The average molecular weight is 441 g/mol. The molecule has 2 aromatic carbocycles. The summed E-state index contributed by atoms with van der Waals surface area (Å²) in [4.78, 5) is 28.3. The Morgan fingerprint density at radius 3 is 2.72 bits per heavy atom. The molecule has 170 valence electrons. The number of carbonyl (C=O) groups excluding carboxylic acids is 1. The molecule has 1 N–H and O–H groups in total. The second-order valence-electron chi connectivity index (χ2n) is 9.01. The molecule has 4 rings (SSSR count). The molecule has 0 saturated carbocycles. The third kappa shape index (κ3) is 4.40. The molecule has 1 fully saturated rings. The number of nitro groups is 1. The Morgan fingerprint density at radius 2 is 2.00 bits per heavy atom. The maximum absolute atomic E-state index is 14.5. The van der Waals surface area contributed by atoms with Gasteiger partial charge in [0.2, 0.25) is 5.91 Å². The number of nitrogens with zero attached hydrogens (tertiary/aromatic N) is 3. The van der Waals surface area contributed by atoms with Gasteiger partial charge in [0.25, 0.3) is 5.69 Å². The van der Waals surface area contributed by atoms with Crippen molar-refractivity contribution in [2.24, 2.45) is 11.8 Å². The van der Waals surface area contributed by atoms with E-state index in [0.29, 0.717) is 44.2 Å². The van der Waals surface area contributed by atoms with Gasteiger partial charge in [0.1, 0.15) is 5.82 Å². The molecule has 2 heterocycles. The molecule has 0 radical (unpaired) electrons. The molecule has 2 aliphatic heterocycles. The van der Waals surface area contributed by atoms with E-state index in [1.807, 2.05) is 11.0 Å². The third-order valence-electron chi connectivity index (χ3n) is 6.46. The highest BCUT2D eigenvalue weighted by Gasteiger charge is 2.42. The van der Waals surface area contributed by atoms with Crippen LogP contribution in [0.4, 0.5) is 21.5 Å². The molecular weight excluding hydrogens is 411 g/mol. The number of rotatable bonds is 6. The Labute approximate surface area is 187 Å². The zero-order valence-corrected chi connectivity index (χ0v) is 18.5. The smallest absolute Gasteiger partial charge is 0.269 e. The van der Waals surface area contributed by atoms with Gasteiger partial charge in [-0.25, -0.2) is 4.39 Å². The molecule has 0 aliphatic carbocycles. The number of carbonyl (C=O) groups is 1. The minimum absolute atomic E-state index is 0.0335. The van der Waals surface area contributed by atoms with Gasteiger partial charge >= 0.3 is 0 Å². The van der Waals surface area contributed by atoms with E-state index in [1.54, 1.807) is 24.3 Å². The number of para-hydroxylation sites is 1. The number of halogens is 1. The molecule has 7 nitrogen and oxygen atoms in total. The van der Waals surface area contributed by atoms with Crippen LogP contribution >= 0.6 is 0 Å². The zero-order valence-electron chi connectivity index (χ0n) is 18.5. The van der Waals surface area contributed by atoms with Gasteiger partial charge in [0.05, 0.1) is 22.6 Å². The van der Waals surface area contributed by atoms with Crippen LogP contribution in [-0.2, 0) is 11.2 Å². The lowest BCUT2D eigenvalue weighted by atomic mass is 9.83. The fourth-order valence-electron chi connectivity index (χ4n) is 4.77. The molecular formula is C24H29FN4O3. The Balaban J connectivity index is 1.64. The van der Waals surface area contributed by atoms with Crippen molar-refractivity contribution in [2.45, 2.75) is 32.7 Å². The highest BCUT2D eigenvalue weighted by atomic mass is 19.1. The van der Waals surface area contributed by atoms with Crippen LogP contribution in [0.1, 0.15) is 25.8 Å². The van der Waals surface area contributed by atoms with Gasteiger partial charge in [-0.05, 0) is 42.5 Å². The fourth-order valence-corrected chi connectivity index (χ4v) is 4.77. The van der Waals surface area contributed by atoms with Crippen LogP contribution in [0.3, 0.4) is 0 Å². The number of fused-ring (bicyclic) bond motifs is 3. The Hall–Kier alpha value is -3.16. The van der Waals surface area contributed by atoms with E-state index in [4.69, 9.17) is 0 Å². The predicted molar refractivity (Wildman–Crippen MR) is 123 cm³/mol. The normalized spacial score (nSPS) is 20.0. The van der Waals surface area contributed by atoms with Crippen LogP contribution in [0.2, 0.25) is 0 Å². The van der Waals surface area contributed by atoms with E-state index in [0.717, 1.165) is 17.7 Å². The third-order valence-corrected chi connectivity index (χ3v) is 6.46. The summed E-state index contributed by atoms with van der Waals surface area (Å²) in [5, 5.41) is 14.4. The number of amides is 1. The lowest BCUT2D eigenvalue weighted by molar-refractivity contribution is -0.384. The summed E-state index contributed by atoms with van der Waals surface area (Å²) in [6.45, 7) is 6.54. The van der Waals surface area contributed by atoms with Crippen molar-refractivity contribution >= 4 is 23.0 Å². The summed E-state index contributed by atoms with van der Waals surface area (Å²) < 4.78 is 14.5. The van der Waals surface area contributed by atoms with Gasteiger partial charge in [-0.1, -0.05) is 26.0 Å². The SMILES string of the molecule is CC(C)CCNC(=O)[C@H]1Cc2cc([N+](=O)[O-])ccc2N2CCN(c3ccccc3F)C[C@H]12. The van der Waals surface area contributed by atoms with E-state index < -0.39 is 4.92 Å². The highest BCUT2D eigenvalue weighted by Crippen LogP contribution is 2.38. The van der Waals surface area contributed by atoms with Crippen molar-refractivity contribution in [3.8, 4) is 0 Å². The van der Waals surface area contributed by atoms with Crippen molar-refractivity contribution in [2.75, 3.05) is 36.0 Å². The van der Waals surface area contributed by atoms with Crippen molar-refractivity contribution in [3.05, 3.63) is 64.0 Å². The summed E-state index contributed by atoms with van der Waals surface area (Å²) in [5.41, 5.74) is 2.32. The molecule has 8 heteroatoms. The number of nitrogens with one attached hydrogen (secondary N) is 1. The summed E-state index contributed by atoms with van der Waals surface area (Å²) in [6, 6.07) is 11.4. The summed E-state index contributed by atoms with van der Waals surface area (Å²) in [5.74, 6) is -0.210. The van der Waals surface area contributed by atoms with Crippen LogP contribution in [-0.4, -0.2) is 43.1 Å². The summed E-state index contributed by atoms with van der Waals surface area (Å²) in [7, 11) is 0. The van der Waals surface area contributed by atoms with Crippen molar-refractivity contribution in [3.63, 3.8) is 0 Å². The fraction of sp³-hybridized carbons (Fsp3) is 0.458.